The average molecular weight is 208 g/mol. The molecule has 4 heteroatoms. The van der Waals surface area contributed by atoms with E-state index in [1.165, 1.54) is 0 Å². The first-order valence-corrected chi connectivity index (χ1v) is 5.61. The molecule has 1 aliphatic rings. The molecule has 1 unspecified atom stereocenters. The van der Waals surface area contributed by atoms with Crippen LogP contribution in [0.3, 0.4) is 0 Å². The molecule has 0 fully saturated rings. The number of carbonyl (C=O) groups is 1. The Labute approximate surface area is 86.9 Å². The first-order valence-electron chi connectivity index (χ1n) is 4.74. The van der Waals surface area contributed by atoms with Crippen LogP contribution in [0.15, 0.2) is 22.5 Å². The minimum absolute atomic E-state index is 0.0373. The molecule has 0 saturated heterocycles. The molecule has 2 heterocycles. The Bertz CT molecular complexity index is 356. The fourth-order valence-corrected chi connectivity index (χ4v) is 2.13. The third-order valence-corrected chi connectivity index (χ3v) is 3.02. The van der Waals surface area contributed by atoms with E-state index in [1.54, 1.807) is 11.3 Å². The summed E-state index contributed by atoms with van der Waals surface area (Å²) >= 11 is 1.60. The van der Waals surface area contributed by atoms with Crippen molar-refractivity contribution >= 4 is 23.1 Å². The molecule has 74 valence electrons. The summed E-state index contributed by atoms with van der Waals surface area (Å²) in [6.45, 7) is 2.06. The molecule has 0 aliphatic carbocycles. The molecule has 0 saturated carbocycles. The second-order valence-corrected chi connectivity index (χ2v) is 4.20. The fraction of sp³-hybridized carbons (Fsp3) is 0.400. The van der Waals surface area contributed by atoms with Crippen molar-refractivity contribution in [3.8, 4) is 0 Å². The zero-order valence-corrected chi connectivity index (χ0v) is 8.80. The Hall–Kier alpha value is -1.16. The van der Waals surface area contributed by atoms with E-state index in [0.717, 1.165) is 23.6 Å². The van der Waals surface area contributed by atoms with Crippen molar-refractivity contribution < 1.29 is 4.79 Å². The summed E-state index contributed by atoms with van der Waals surface area (Å²) in [4.78, 5) is 16.9. The van der Waals surface area contributed by atoms with Crippen molar-refractivity contribution in [3.05, 3.63) is 22.4 Å². The van der Waals surface area contributed by atoms with Crippen molar-refractivity contribution in [2.75, 3.05) is 0 Å². The van der Waals surface area contributed by atoms with Gasteiger partial charge in [0.05, 0.1) is 4.88 Å². The van der Waals surface area contributed by atoms with Gasteiger partial charge in [-0.1, -0.05) is 19.4 Å². The minimum atomic E-state index is -0.169. The molecule has 1 aromatic rings. The SMILES string of the molecule is CCCC1N=C(c2cccs2)NC1=O. The number of amides is 1. The summed E-state index contributed by atoms with van der Waals surface area (Å²) in [5, 5.41) is 4.80. The second kappa shape index (κ2) is 3.92. The molecule has 1 aromatic heterocycles. The Morgan fingerprint density at radius 3 is 3.14 bits per heavy atom. The van der Waals surface area contributed by atoms with Crippen LogP contribution in [0.1, 0.15) is 24.6 Å². The lowest BCUT2D eigenvalue weighted by Gasteiger charge is -1.99. The van der Waals surface area contributed by atoms with Gasteiger partial charge in [0.15, 0.2) is 0 Å². The molecule has 0 radical (unpaired) electrons. The van der Waals surface area contributed by atoms with Crippen LogP contribution in [-0.2, 0) is 4.79 Å². The molecule has 0 spiro atoms. The maximum Gasteiger partial charge on any atom is 0.250 e. The van der Waals surface area contributed by atoms with Crippen LogP contribution in [0.2, 0.25) is 0 Å². The van der Waals surface area contributed by atoms with E-state index >= 15 is 0 Å². The van der Waals surface area contributed by atoms with Gasteiger partial charge in [-0.25, -0.2) is 0 Å². The van der Waals surface area contributed by atoms with Gasteiger partial charge in [-0.05, 0) is 17.9 Å². The van der Waals surface area contributed by atoms with Crippen LogP contribution >= 0.6 is 11.3 Å². The molecule has 0 aromatic carbocycles. The predicted octanol–water partition coefficient (Wildman–Crippen LogP) is 1.79. The standard InChI is InChI=1S/C10H12N2OS/c1-2-4-7-10(13)12-9(11-7)8-5-3-6-14-8/h3,5-7H,2,4H2,1H3,(H,11,12,13). The van der Waals surface area contributed by atoms with Crippen LogP contribution < -0.4 is 5.32 Å². The number of nitrogens with zero attached hydrogens (tertiary/aromatic N) is 1. The summed E-state index contributed by atoms with van der Waals surface area (Å²) in [7, 11) is 0. The Morgan fingerprint density at radius 1 is 1.64 bits per heavy atom. The zero-order valence-electron chi connectivity index (χ0n) is 7.99. The summed E-state index contributed by atoms with van der Waals surface area (Å²) in [5.74, 6) is 0.777. The molecule has 14 heavy (non-hydrogen) atoms. The first-order chi connectivity index (χ1) is 6.81. The molecule has 3 nitrogen and oxygen atoms in total. The topological polar surface area (TPSA) is 41.5 Å². The highest BCUT2D eigenvalue weighted by atomic mass is 32.1. The molecule has 2 rings (SSSR count). The molecular weight excluding hydrogens is 196 g/mol. The zero-order chi connectivity index (χ0) is 9.97. The number of rotatable bonds is 3. The lowest BCUT2D eigenvalue weighted by Crippen LogP contribution is -2.28. The molecule has 1 atom stereocenters. The largest absolute Gasteiger partial charge is 0.308 e. The fourth-order valence-electron chi connectivity index (χ4n) is 1.45. The number of hydrogen-bond donors (Lipinski definition) is 1. The number of carbonyl (C=O) groups excluding carboxylic acids is 1. The van der Waals surface area contributed by atoms with E-state index < -0.39 is 0 Å². The van der Waals surface area contributed by atoms with Crippen LogP contribution in [0, 0.1) is 0 Å². The van der Waals surface area contributed by atoms with Gasteiger partial charge in [-0.15, -0.1) is 11.3 Å². The highest BCUT2D eigenvalue weighted by molar-refractivity contribution is 7.12. The van der Waals surface area contributed by atoms with E-state index in [0.29, 0.717) is 0 Å². The molecule has 1 N–H and O–H groups in total. The van der Waals surface area contributed by atoms with Crippen molar-refractivity contribution in [2.24, 2.45) is 4.99 Å². The first kappa shape index (κ1) is 9.40. The van der Waals surface area contributed by atoms with E-state index in [4.69, 9.17) is 0 Å². The van der Waals surface area contributed by atoms with Gasteiger partial charge >= 0.3 is 0 Å². The lowest BCUT2D eigenvalue weighted by atomic mass is 10.2. The molecule has 1 aliphatic heterocycles. The van der Waals surface area contributed by atoms with E-state index in [-0.39, 0.29) is 11.9 Å². The normalized spacial score (nSPS) is 20.8. The van der Waals surface area contributed by atoms with Gasteiger partial charge in [0.25, 0.3) is 0 Å². The van der Waals surface area contributed by atoms with Gasteiger partial charge < -0.3 is 5.32 Å². The minimum Gasteiger partial charge on any atom is -0.308 e. The number of thiophene rings is 1. The van der Waals surface area contributed by atoms with Gasteiger partial charge in [0.1, 0.15) is 11.9 Å². The second-order valence-electron chi connectivity index (χ2n) is 3.25. The van der Waals surface area contributed by atoms with Crippen molar-refractivity contribution in [1.82, 2.24) is 5.32 Å². The number of aliphatic imine (C=N–C) groups is 1. The van der Waals surface area contributed by atoms with Gasteiger partial charge in [-0.3, -0.25) is 9.79 Å². The van der Waals surface area contributed by atoms with Gasteiger partial charge in [0.2, 0.25) is 5.91 Å². The lowest BCUT2D eigenvalue weighted by molar-refractivity contribution is -0.120. The molecule has 1 amide bonds. The van der Waals surface area contributed by atoms with Crippen LogP contribution in [0.4, 0.5) is 0 Å². The highest BCUT2D eigenvalue weighted by Gasteiger charge is 2.26. The van der Waals surface area contributed by atoms with Crippen LogP contribution in [0.5, 0.6) is 0 Å². The van der Waals surface area contributed by atoms with Crippen molar-refractivity contribution in [3.63, 3.8) is 0 Å². The van der Waals surface area contributed by atoms with E-state index in [2.05, 4.69) is 17.2 Å². The average Bonchev–Trinajstić information content (AvgIpc) is 2.76. The summed E-state index contributed by atoms with van der Waals surface area (Å²) < 4.78 is 0. The third kappa shape index (κ3) is 1.70. The van der Waals surface area contributed by atoms with Crippen LogP contribution in [0.25, 0.3) is 0 Å². The summed E-state index contributed by atoms with van der Waals surface area (Å²) in [6.07, 6.45) is 1.82. The monoisotopic (exact) mass is 208 g/mol. The van der Waals surface area contributed by atoms with Gasteiger partial charge in [-0.2, -0.15) is 0 Å². The summed E-state index contributed by atoms with van der Waals surface area (Å²) in [5.41, 5.74) is 0. The summed E-state index contributed by atoms with van der Waals surface area (Å²) in [6, 6.07) is 3.76. The maximum absolute atomic E-state index is 11.4. The quantitative estimate of drug-likeness (QED) is 0.808. The molecular formula is C10H12N2OS. The highest BCUT2D eigenvalue weighted by Crippen LogP contribution is 2.15. The van der Waals surface area contributed by atoms with E-state index in [9.17, 15) is 4.79 Å². The Kier molecular flexibility index (Phi) is 2.63. The Balaban J connectivity index is 2.16. The molecule has 0 bridgehead atoms. The third-order valence-electron chi connectivity index (χ3n) is 2.15. The predicted molar refractivity (Wildman–Crippen MR) is 57.7 cm³/mol. The Morgan fingerprint density at radius 2 is 2.50 bits per heavy atom. The number of hydrogen-bond acceptors (Lipinski definition) is 3. The van der Waals surface area contributed by atoms with Crippen LogP contribution in [-0.4, -0.2) is 17.8 Å². The number of nitrogens with one attached hydrogen (secondary N) is 1. The van der Waals surface area contributed by atoms with E-state index in [1.807, 2.05) is 17.5 Å². The van der Waals surface area contributed by atoms with Crippen molar-refractivity contribution in [2.45, 2.75) is 25.8 Å². The number of amidine groups is 1. The van der Waals surface area contributed by atoms with Crippen molar-refractivity contribution in [1.29, 1.82) is 0 Å². The smallest absolute Gasteiger partial charge is 0.250 e. The van der Waals surface area contributed by atoms with Gasteiger partial charge in [0, 0.05) is 0 Å². The maximum atomic E-state index is 11.4.